The van der Waals surface area contributed by atoms with Gasteiger partial charge in [-0.1, -0.05) is 74.9 Å². The van der Waals surface area contributed by atoms with Crippen molar-refractivity contribution in [3.8, 4) is 0 Å². The van der Waals surface area contributed by atoms with Crippen LogP contribution in [0.4, 0.5) is 0 Å². The lowest BCUT2D eigenvalue weighted by atomic mass is 9.85. The average Bonchev–Trinajstić information content (AvgIpc) is 2.61. The minimum absolute atomic E-state index is 0.104. The standard InChI is InChI=1S/C22H30N2O/c1-5-17(2)21(18-11-7-6-8-12-18)22(25)23-15-19-13-9-10-14-20(19)16-24(3)4/h6-14,17,21H,5,15-16H2,1-4H3,(H,23,25). The van der Waals surface area contributed by atoms with Crippen molar-refractivity contribution in [2.24, 2.45) is 5.92 Å². The summed E-state index contributed by atoms with van der Waals surface area (Å²) in [6, 6.07) is 18.4. The molecule has 0 aliphatic rings. The van der Waals surface area contributed by atoms with Gasteiger partial charge >= 0.3 is 0 Å². The Balaban J connectivity index is 2.12. The van der Waals surface area contributed by atoms with Gasteiger partial charge in [0.1, 0.15) is 0 Å². The number of amides is 1. The van der Waals surface area contributed by atoms with Gasteiger partial charge in [0.2, 0.25) is 5.91 Å². The molecule has 0 radical (unpaired) electrons. The van der Waals surface area contributed by atoms with Gasteiger partial charge in [-0.05, 0) is 36.7 Å². The molecular formula is C22H30N2O. The van der Waals surface area contributed by atoms with Crippen LogP contribution in [-0.2, 0) is 17.9 Å². The lowest BCUT2D eigenvalue weighted by molar-refractivity contribution is -0.123. The Hall–Kier alpha value is -2.13. The summed E-state index contributed by atoms with van der Waals surface area (Å²) in [5.41, 5.74) is 3.53. The SMILES string of the molecule is CCC(C)C(C(=O)NCc1ccccc1CN(C)C)c1ccccc1. The van der Waals surface area contributed by atoms with Crippen molar-refractivity contribution < 1.29 is 4.79 Å². The Kier molecular flexibility index (Phi) is 7.20. The summed E-state index contributed by atoms with van der Waals surface area (Å²) in [6.45, 7) is 5.74. The Labute approximate surface area is 152 Å². The molecule has 1 N–H and O–H groups in total. The van der Waals surface area contributed by atoms with Gasteiger partial charge in [-0.25, -0.2) is 0 Å². The number of carbonyl (C=O) groups excluding carboxylic acids is 1. The molecule has 1 amide bonds. The summed E-state index contributed by atoms with van der Waals surface area (Å²) < 4.78 is 0. The second-order valence-corrected chi connectivity index (χ2v) is 7.00. The van der Waals surface area contributed by atoms with Gasteiger partial charge in [0, 0.05) is 13.1 Å². The summed E-state index contributed by atoms with van der Waals surface area (Å²) in [5, 5.41) is 3.17. The maximum absolute atomic E-state index is 12.9. The van der Waals surface area contributed by atoms with Crippen LogP contribution in [-0.4, -0.2) is 24.9 Å². The molecule has 0 fully saturated rings. The van der Waals surface area contributed by atoms with Crippen LogP contribution in [0.2, 0.25) is 0 Å². The molecule has 0 spiro atoms. The largest absolute Gasteiger partial charge is 0.351 e. The van der Waals surface area contributed by atoms with Crippen molar-refractivity contribution in [1.82, 2.24) is 10.2 Å². The van der Waals surface area contributed by atoms with Crippen LogP contribution in [0.1, 0.15) is 42.9 Å². The molecule has 0 saturated heterocycles. The molecule has 2 unspecified atom stereocenters. The number of nitrogens with zero attached hydrogens (tertiary/aromatic N) is 1. The molecule has 3 nitrogen and oxygen atoms in total. The fourth-order valence-corrected chi connectivity index (χ4v) is 3.15. The molecule has 0 heterocycles. The number of carbonyl (C=O) groups is 1. The Bertz CT molecular complexity index is 667. The van der Waals surface area contributed by atoms with E-state index in [1.165, 1.54) is 11.1 Å². The lowest BCUT2D eigenvalue weighted by Crippen LogP contribution is -2.32. The van der Waals surface area contributed by atoms with Crippen molar-refractivity contribution in [2.45, 2.75) is 39.3 Å². The minimum atomic E-state index is -0.104. The molecule has 0 aliphatic heterocycles. The van der Waals surface area contributed by atoms with Crippen LogP contribution < -0.4 is 5.32 Å². The Morgan fingerprint density at radius 3 is 2.20 bits per heavy atom. The highest BCUT2D eigenvalue weighted by Crippen LogP contribution is 2.27. The van der Waals surface area contributed by atoms with Crippen molar-refractivity contribution in [2.75, 3.05) is 14.1 Å². The first-order valence-electron chi connectivity index (χ1n) is 9.07. The van der Waals surface area contributed by atoms with Crippen molar-refractivity contribution >= 4 is 5.91 Å². The third kappa shape index (κ3) is 5.43. The van der Waals surface area contributed by atoms with Gasteiger partial charge in [0.05, 0.1) is 5.92 Å². The smallest absolute Gasteiger partial charge is 0.228 e. The van der Waals surface area contributed by atoms with E-state index in [9.17, 15) is 4.79 Å². The van der Waals surface area contributed by atoms with Gasteiger partial charge in [-0.3, -0.25) is 4.79 Å². The van der Waals surface area contributed by atoms with E-state index in [4.69, 9.17) is 0 Å². The summed E-state index contributed by atoms with van der Waals surface area (Å²) in [6.07, 6.45) is 0.976. The van der Waals surface area contributed by atoms with Gasteiger partial charge < -0.3 is 10.2 Å². The van der Waals surface area contributed by atoms with E-state index in [1.807, 2.05) is 24.3 Å². The van der Waals surface area contributed by atoms with E-state index < -0.39 is 0 Å². The van der Waals surface area contributed by atoms with E-state index >= 15 is 0 Å². The molecule has 134 valence electrons. The average molecular weight is 338 g/mol. The highest BCUT2D eigenvalue weighted by Gasteiger charge is 2.25. The quantitative estimate of drug-likeness (QED) is 0.782. The van der Waals surface area contributed by atoms with E-state index in [0.29, 0.717) is 12.5 Å². The van der Waals surface area contributed by atoms with Crippen molar-refractivity contribution in [3.63, 3.8) is 0 Å². The molecule has 0 aliphatic carbocycles. The normalized spacial score (nSPS) is 13.5. The summed E-state index contributed by atoms with van der Waals surface area (Å²) >= 11 is 0. The van der Waals surface area contributed by atoms with Gasteiger partial charge in [-0.15, -0.1) is 0 Å². The first-order chi connectivity index (χ1) is 12.0. The molecule has 2 rings (SSSR count). The summed E-state index contributed by atoms with van der Waals surface area (Å²) in [7, 11) is 4.12. The zero-order chi connectivity index (χ0) is 18.2. The molecular weight excluding hydrogens is 308 g/mol. The maximum atomic E-state index is 12.9. The van der Waals surface area contributed by atoms with Crippen LogP contribution in [0.25, 0.3) is 0 Å². The third-order valence-corrected chi connectivity index (χ3v) is 4.71. The number of nitrogens with one attached hydrogen (secondary N) is 1. The van der Waals surface area contributed by atoms with Crippen molar-refractivity contribution in [1.29, 1.82) is 0 Å². The van der Waals surface area contributed by atoms with Crippen LogP contribution in [0.3, 0.4) is 0 Å². The molecule has 0 bridgehead atoms. The van der Waals surface area contributed by atoms with Crippen LogP contribution >= 0.6 is 0 Å². The minimum Gasteiger partial charge on any atom is -0.351 e. The molecule has 0 aromatic heterocycles. The zero-order valence-electron chi connectivity index (χ0n) is 15.8. The molecule has 2 atom stereocenters. The highest BCUT2D eigenvalue weighted by molar-refractivity contribution is 5.84. The number of rotatable bonds is 8. The molecule has 0 saturated carbocycles. The topological polar surface area (TPSA) is 32.3 Å². The first kappa shape index (κ1) is 19.2. The number of hydrogen-bond donors (Lipinski definition) is 1. The predicted molar refractivity (Wildman–Crippen MR) is 104 cm³/mol. The molecule has 25 heavy (non-hydrogen) atoms. The number of hydrogen-bond acceptors (Lipinski definition) is 2. The van der Waals surface area contributed by atoms with Gasteiger partial charge in [0.25, 0.3) is 0 Å². The Morgan fingerprint density at radius 2 is 1.60 bits per heavy atom. The zero-order valence-corrected chi connectivity index (χ0v) is 15.8. The first-order valence-corrected chi connectivity index (χ1v) is 9.07. The molecule has 2 aromatic carbocycles. The van der Waals surface area contributed by atoms with E-state index in [0.717, 1.165) is 18.5 Å². The van der Waals surface area contributed by atoms with Crippen LogP contribution in [0, 0.1) is 5.92 Å². The maximum Gasteiger partial charge on any atom is 0.228 e. The molecule has 2 aromatic rings. The fraction of sp³-hybridized carbons (Fsp3) is 0.409. The number of benzene rings is 2. The monoisotopic (exact) mass is 338 g/mol. The third-order valence-electron chi connectivity index (χ3n) is 4.71. The van der Waals surface area contributed by atoms with E-state index in [2.05, 4.69) is 68.5 Å². The van der Waals surface area contributed by atoms with E-state index in [1.54, 1.807) is 0 Å². The van der Waals surface area contributed by atoms with Crippen LogP contribution in [0.5, 0.6) is 0 Å². The summed E-state index contributed by atoms with van der Waals surface area (Å²) in [5.74, 6) is 0.312. The fourth-order valence-electron chi connectivity index (χ4n) is 3.15. The van der Waals surface area contributed by atoms with Gasteiger partial charge in [0.15, 0.2) is 0 Å². The van der Waals surface area contributed by atoms with Crippen LogP contribution in [0.15, 0.2) is 54.6 Å². The molecule has 3 heteroatoms. The lowest BCUT2D eigenvalue weighted by Gasteiger charge is -2.23. The van der Waals surface area contributed by atoms with Gasteiger partial charge in [-0.2, -0.15) is 0 Å². The highest BCUT2D eigenvalue weighted by atomic mass is 16.1. The second kappa shape index (κ2) is 9.38. The van der Waals surface area contributed by atoms with Crippen molar-refractivity contribution in [3.05, 3.63) is 71.3 Å². The van der Waals surface area contributed by atoms with E-state index in [-0.39, 0.29) is 11.8 Å². The second-order valence-electron chi connectivity index (χ2n) is 7.00. The summed E-state index contributed by atoms with van der Waals surface area (Å²) in [4.78, 5) is 15.1. The predicted octanol–water partition coefficient (Wildman–Crippen LogP) is 4.19. The Morgan fingerprint density at radius 1 is 1.00 bits per heavy atom.